The van der Waals surface area contributed by atoms with Crippen LogP contribution in [0.5, 0.6) is 0 Å². The molecule has 2 rings (SSSR count). The molecule has 1 aromatic heterocycles. The van der Waals surface area contributed by atoms with Crippen LogP contribution in [-0.2, 0) is 10.8 Å². The SMILES string of the molecule is CS(=O)CCCNC(c1ncc[nH]1)C1CCCCC1. The van der Waals surface area contributed by atoms with Gasteiger partial charge in [-0.2, -0.15) is 0 Å². The number of hydrogen-bond donors (Lipinski definition) is 2. The summed E-state index contributed by atoms with van der Waals surface area (Å²) in [5.41, 5.74) is 0. The normalized spacial score (nSPS) is 20.3. The minimum atomic E-state index is -0.685. The van der Waals surface area contributed by atoms with Crippen molar-refractivity contribution in [3.8, 4) is 0 Å². The van der Waals surface area contributed by atoms with Gasteiger partial charge in [0.15, 0.2) is 0 Å². The number of imidazole rings is 1. The van der Waals surface area contributed by atoms with E-state index in [1.165, 1.54) is 32.1 Å². The van der Waals surface area contributed by atoms with Crippen LogP contribution in [0.2, 0.25) is 0 Å². The van der Waals surface area contributed by atoms with E-state index in [0.717, 1.165) is 24.5 Å². The molecule has 1 aromatic rings. The molecule has 4 nitrogen and oxygen atoms in total. The first kappa shape index (κ1) is 14.7. The number of nitrogens with zero attached hydrogens (tertiary/aromatic N) is 1. The zero-order chi connectivity index (χ0) is 13.5. The van der Waals surface area contributed by atoms with Gasteiger partial charge in [0.25, 0.3) is 0 Å². The molecule has 2 unspecified atom stereocenters. The van der Waals surface area contributed by atoms with Gasteiger partial charge in [-0.1, -0.05) is 19.3 Å². The Hall–Kier alpha value is -0.680. The molecule has 5 heteroatoms. The summed E-state index contributed by atoms with van der Waals surface area (Å²) in [6.07, 6.45) is 13.1. The van der Waals surface area contributed by atoms with E-state index < -0.39 is 10.8 Å². The fourth-order valence-electron chi connectivity index (χ4n) is 2.93. The van der Waals surface area contributed by atoms with Gasteiger partial charge in [0, 0.05) is 35.2 Å². The Morgan fingerprint density at radius 1 is 1.47 bits per heavy atom. The minimum absolute atomic E-state index is 0.334. The molecule has 0 aliphatic heterocycles. The number of aromatic amines is 1. The molecular weight excluding hydrogens is 258 g/mol. The second kappa shape index (κ2) is 7.80. The van der Waals surface area contributed by atoms with Crippen LogP contribution < -0.4 is 5.32 Å². The van der Waals surface area contributed by atoms with Gasteiger partial charge in [0.1, 0.15) is 5.82 Å². The molecule has 0 saturated heterocycles. The molecule has 2 atom stereocenters. The average Bonchev–Trinajstić information content (AvgIpc) is 2.93. The summed E-state index contributed by atoms with van der Waals surface area (Å²) in [5, 5.41) is 3.62. The van der Waals surface area contributed by atoms with E-state index in [4.69, 9.17) is 0 Å². The zero-order valence-corrected chi connectivity index (χ0v) is 12.5. The lowest BCUT2D eigenvalue weighted by molar-refractivity contribution is 0.265. The lowest BCUT2D eigenvalue weighted by Crippen LogP contribution is -2.31. The van der Waals surface area contributed by atoms with Crippen LogP contribution in [0.15, 0.2) is 12.4 Å². The lowest BCUT2D eigenvalue weighted by atomic mass is 9.83. The average molecular weight is 283 g/mol. The van der Waals surface area contributed by atoms with Crippen molar-refractivity contribution in [1.82, 2.24) is 15.3 Å². The van der Waals surface area contributed by atoms with Gasteiger partial charge in [-0.15, -0.1) is 0 Å². The highest BCUT2D eigenvalue weighted by molar-refractivity contribution is 7.84. The summed E-state index contributed by atoms with van der Waals surface area (Å²) in [6.45, 7) is 0.918. The first-order valence-electron chi connectivity index (χ1n) is 7.30. The van der Waals surface area contributed by atoms with Gasteiger partial charge >= 0.3 is 0 Å². The van der Waals surface area contributed by atoms with Crippen molar-refractivity contribution >= 4 is 10.8 Å². The van der Waals surface area contributed by atoms with Crippen molar-refractivity contribution < 1.29 is 4.21 Å². The van der Waals surface area contributed by atoms with Crippen molar-refractivity contribution in [3.63, 3.8) is 0 Å². The van der Waals surface area contributed by atoms with Crippen molar-refractivity contribution in [3.05, 3.63) is 18.2 Å². The Bertz CT molecular complexity index is 374. The molecular formula is C14H25N3OS. The lowest BCUT2D eigenvalue weighted by Gasteiger charge is -2.29. The Balaban J connectivity index is 1.88. The highest BCUT2D eigenvalue weighted by Crippen LogP contribution is 2.33. The quantitative estimate of drug-likeness (QED) is 0.755. The van der Waals surface area contributed by atoms with Crippen LogP contribution in [0.25, 0.3) is 0 Å². The summed E-state index contributed by atoms with van der Waals surface area (Å²) < 4.78 is 11.1. The Morgan fingerprint density at radius 2 is 2.26 bits per heavy atom. The molecule has 1 fully saturated rings. The first-order chi connectivity index (χ1) is 9.27. The Kier molecular flexibility index (Phi) is 6.04. The van der Waals surface area contributed by atoms with Crippen LogP contribution >= 0.6 is 0 Å². The Labute approximate surface area is 118 Å². The van der Waals surface area contributed by atoms with E-state index in [0.29, 0.717) is 12.0 Å². The number of hydrogen-bond acceptors (Lipinski definition) is 3. The summed E-state index contributed by atoms with van der Waals surface area (Å²) in [4.78, 5) is 7.68. The predicted molar refractivity (Wildman–Crippen MR) is 79.5 cm³/mol. The third kappa shape index (κ3) is 4.73. The molecule has 0 aromatic carbocycles. The van der Waals surface area contributed by atoms with E-state index in [1.807, 2.05) is 12.4 Å². The van der Waals surface area contributed by atoms with Crippen molar-refractivity contribution in [2.45, 2.75) is 44.6 Å². The summed E-state index contributed by atoms with van der Waals surface area (Å²) in [5.74, 6) is 2.53. The fourth-order valence-corrected chi connectivity index (χ4v) is 3.49. The van der Waals surface area contributed by atoms with Crippen LogP contribution in [0, 0.1) is 5.92 Å². The maximum absolute atomic E-state index is 11.1. The van der Waals surface area contributed by atoms with Crippen molar-refractivity contribution in [1.29, 1.82) is 0 Å². The maximum atomic E-state index is 11.1. The van der Waals surface area contributed by atoms with Gasteiger partial charge in [-0.05, 0) is 31.7 Å². The van der Waals surface area contributed by atoms with Crippen molar-refractivity contribution in [2.24, 2.45) is 5.92 Å². The first-order valence-corrected chi connectivity index (χ1v) is 9.03. The second-order valence-corrected chi connectivity index (χ2v) is 6.99. The molecule has 108 valence electrons. The van der Waals surface area contributed by atoms with Crippen LogP contribution in [0.1, 0.15) is 50.4 Å². The van der Waals surface area contributed by atoms with Gasteiger partial charge in [-0.25, -0.2) is 4.98 Å². The van der Waals surface area contributed by atoms with Crippen molar-refractivity contribution in [2.75, 3.05) is 18.6 Å². The van der Waals surface area contributed by atoms with E-state index in [1.54, 1.807) is 6.26 Å². The second-order valence-electron chi connectivity index (χ2n) is 5.44. The zero-order valence-electron chi connectivity index (χ0n) is 11.7. The van der Waals surface area contributed by atoms with E-state index in [-0.39, 0.29) is 0 Å². The summed E-state index contributed by atoms with van der Waals surface area (Å²) in [7, 11) is -0.685. The third-order valence-corrected chi connectivity index (χ3v) is 4.77. The summed E-state index contributed by atoms with van der Waals surface area (Å²) >= 11 is 0. The smallest absolute Gasteiger partial charge is 0.123 e. The maximum Gasteiger partial charge on any atom is 0.123 e. The molecule has 0 radical (unpaired) electrons. The molecule has 1 heterocycles. The molecule has 1 saturated carbocycles. The molecule has 2 N–H and O–H groups in total. The number of H-pyrrole nitrogens is 1. The van der Waals surface area contributed by atoms with Gasteiger partial charge in [-0.3, -0.25) is 4.21 Å². The summed E-state index contributed by atoms with van der Waals surface area (Å²) in [6, 6.07) is 0.334. The highest BCUT2D eigenvalue weighted by atomic mass is 32.2. The number of rotatable bonds is 7. The molecule has 0 amide bonds. The molecule has 1 aliphatic carbocycles. The molecule has 19 heavy (non-hydrogen) atoms. The predicted octanol–water partition coefficient (Wildman–Crippen LogP) is 2.39. The van der Waals surface area contributed by atoms with Crippen LogP contribution in [0.3, 0.4) is 0 Å². The van der Waals surface area contributed by atoms with Crippen LogP contribution in [0.4, 0.5) is 0 Å². The van der Waals surface area contributed by atoms with E-state index in [9.17, 15) is 4.21 Å². The monoisotopic (exact) mass is 283 g/mol. The highest BCUT2D eigenvalue weighted by Gasteiger charge is 2.26. The van der Waals surface area contributed by atoms with Gasteiger partial charge in [0.05, 0.1) is 6.04 Å². The Morgan fingerprint density at radius 3 is 2.89 bits per heavy atom. The fraction of sp³-hybridized carbons (Fsp3) is 0.786. The van der Waals surface area contributed by atoms with E-state index in [2.05, 4.69) is 15.3 Å². The molecule has 0 bridgehead atoms. The number of nitrogens with one attached hydrogen (secondary N) is 2. The molecule has 0 spiro atoms. The van der Waals surface area contributed by atoms with Gasteiger partial charge < -0.3 is 10.3 Å². The minimum Gasteiger partial charge on any atom is -0.347 e. The topological polar surface area (TPSA) is 57.8 Å². The largest absolute Gasteiger partial charge is 0.347 e. The number of aromatic nitrogens is 2. The standard InChI is InChI=1S/C14H25N3OS/c1-19(18)11-5-8-15-13(14-16-9-10-17-14)12-6-3-2-4-7-12/h9-10,12-13,15H,2-8,11H2,1H3,(H,16,17). The van der Waals surface area contributed by atoms with Crippen LogP contribution in [-0.4, -0.2) is 32.7 Å². The van der Waals surface area contributed by atoms with E-state index >= 15 is 0 Å². The van der Waals surface area contributed by atoms with Gasteiger partial charge in [0.2, 0.25) is 0 Å². The molecule has 1 aliphatic rings. The third-order valence-electron chi connectivity index (χ3n) is 3.91.